The summed E-state index contributed by atoms with van der Waals surface area (Å²) in [6.45, 7) is 3.87. The van der Waals surface area contributed by atoms with E-state index in [0.717, 1.165) is 49.6 Å². The summed E-state index contributed by atoms with van der Waals surface area (Å²) in [5.74, 6) is 0.878. The van der Waals surface area contributed by atoms with Gasteiger partial charge in [-0.3, -0.25) is 4.68 Å². The number of fused-ring (bicyclic) bond motifs is 1. The predicted molar refractivity (Wildman–Crippen MR) is 88.2 cm³/mol. The fraction of sp³-hybridized carbons (Fsp3) is 0.471. The highest BCUT2D eigenvalue weighted by Gasteiger charge is 2.21. The van der Waals surface area contributed by atoms with Gasteiger partial charge in [0.25, 0.3) is 0 Å². The van der Waals surface area contributed by atoms with E-state index in [1.54, 1.807) is 7.11 Å². The van der Waals surface area contributed by atoms with Crippen molar-refractivity contribution in [3.63, 3.8) is 0 Å². The molecule has 1 N–H and O–H groups in total. The number of methoxy groups -OCH3 is 1. The van der Waals surface area contributed by atoms with Gasteiger partial charge in [0, 0.05) is 42.9 Å². The van der Waals surface area contributed by atoms with Crippen LogP contribution in [0.4, 0.5) is 0 Å². The van der Waals surface area contributed by atoms with Crippen LogP contribution in [0.1, 0.15) is 11.3 Å². The largest absolute Gasteiger partial charge is 0.497 e. The minimum Gasteiger partial charge on any atom is -0.497 e. The van der Waals surface area contributed by atoms with E-state index in [2.05, 4.69) is 41.1 Å². The minimum absolute atomic E-state index is 0.878. The molecule has 3 rings (SSSR count). The third kappa shape index (κ3) is 3.00. The predicted octanol–water partition coefficient (Wildman–Crippen LogP) is 1.77. The van der Waals surface area contributed by atoms with Crippen molar-refractivity contribution in [2.45, 2.75) is 19.5 Å². The fourth-order valence-corrected chi connectivity index (χ4v) is 2.88. The number of hydrogen-bond donors (Lipinski definition) is 1. The normalized spacial score (nSPS) is 14.2. The van der Waals surface area contributed by atoms with Crippen molar-refractivity contribution in [2.24, 2.45) is 0 Å². The molecule has 118 valence electrons. The lowest BCUT2D eigenvalue weighted by Crippen LogP contribution is -2.26. The second-order valence-corrected chi connectivity index (χ2v) is 5.96. The van der Waals surface area contributed by atoms with Gasteiger partial charge < -0.3 is 15.0 Å². The average Bonchev–Trinajstić information content (AvgIpc) is 2.92. The molecule has 0 spiro atoms. The van der Waals surface area contributed by atoms with Crippen molar-refractivity contribution < 1.29 is 4.74 Å². The van der Waals surface area contributed by atoms with Gasteiger partial charge in [-0.1, -0.05) is 0 Å². The average molecular weight is 300 g/mol. The van der Waals surface area contributed by atoms with Crippen molar-refractivity contribution in [3.8, 4) is 17.0 Å². The Bertz CT molecular complexity index is 631. The van der Waals surface area contributed by atoms with Gasteiger partial charge in [-0.05, 0) is 38.4 Å². The molecule has 0 atom stereocenters. The van der Waals surface area contributed by atoms with Crippen LogP contribution in [0.25, 0.3) is 11.3 Å². The summed E-state index contributed by atoms with van der Waals surface area (Å²) in [6, 6.07) is 8.17. The molecule has 1 aliphatic rings. The molecule has 0 saturated heterocycles. The molecule has 22 heavy (non-hydrogen) atoms. The highest BCUT2D eigenvalue weighted by molar-refractivity contribution is 5.65. The lowest BCUT2D eigenvalue weighted by atomic mass is 10.0. The summed E-state index contributed by atoms with van der Waals surface area (Å²) in [5, 5.41) is 8.36. The molecule has 0 unspecified atom stereocenters. The molecule has 5 nitrogen and oxygen atoms in total. The van der Waals surface area contributed by atoms with Crippen molar-refractivity contribution in [1.82, 2.24) is 20.0 Å². The SMILES string of the molecule is COc1ccc(-c2nn(CCN(C)C)c3c2CNCC3)cc1. The zero-order valence-corrected chi connectivity index (χ0v) is 13.6. The minimum atomic E-state index is 0.878. The number of likely N-dealkylation sites (N-methyl/N-ethyl adjacent to an activating group) is 1. The van der Waals surface area contributed by atoms with Crippen molar-refractivity contribution in [1.29, 1.82) is 0 Å². The van der Waals surface area contributed by atoms with Gasteiger partial charge in [0.2, 0.25) is 0 Å². The van der Waals surface area contributed by atoms with Crippen molar-refractivity contribution in [2.75, 3.05) is 34.3 Å². The molecule has 2 heterocycles. The summed E-state index contributed by atoms with van der Waals surface area (Å²) in [7, 11) is 5.89. The van der Waals surface area contributed by atoms with Crippen LogP contribution in [-0.4, -0.2) is 49.0 Å². The summed E-state index contributed by atoms with van der Waals surface area (Å²) < 4.78 is 7.43. The first-order chi connectivity index (χ1) is 10.7. The molecule has 0 aliphatic carbocycles. The van der Waals surface area contributed by atoms with E-state index < -0.39 is 0 Å². The summed E-state index contributed by atoms with van der Waals surface area (Å²) in [4.78, 5) is 2.20. The van der Waals surface area contributed by atoms with E-state index in [0.29, 0.717) is 0 Å². The molecule has 0 bridgehead atoms. The lowest BCUT2D eigenvalue weighted by Gasteiger charge is -2.16. The van der Waals surface area contributed by atoms with Crippen LogP contribution < -0.4 is 10.1 Å². The Kier molecular flexibility index (Phi) is 4.45. The van der Waals surface area contributed by atoms with Crippen LogP contribution in [0, 0.1) is 0 Å². The number of ether oxygens (including phenoxy) is 1. The van der Waals surface area contributed by atoms with Gasteiger partial charge >= 0.3 is 0 Å². The van der Waals surface area contributed by atoms with Crippen LogP contribution in [0.15, 0.2) is 24.3 Å². The smallest absolute Gasteiger partial charge is 0.118 e. The molecular formula is C17H24N4O. The van der Waals surface area contributed by atoms with Crippen LogP contribution in [0.2, 0.25) is 0 Å². The van der Waals surface area contributed by atoms with Gasteiger partial charge in [0.05, 0.1) is 19.3 Å². The fourth-order valence-electron chi connectivity index (χ4n) is 2.88. The van der Waals surface area contributed by atoms with Crippen molar-refractivity contribution >= 4 is 0 Å². The second kappa shape index (κ2) is 6.50. The highest BCUT2D eigenvalue weighted by atomic mass is 16.5. The van der Waals surface area contributed by atoms with Crippen LogP contribution in [0.3, 0.4) is 0 Å². The Labute approximate surface area is 131 Å². The van der Waals surface area contributed by atoms with Gasteiger partial charge in [-0.25, -0.2) is 0 Å². The number of benzene rings is 1. The highest BCUT2D eigenvalue weighted by Crippen LogP contribution is 2.29. The molecule has 0 fully saturated rings. The van der Waals surface area contributed by atoms with Crippen LogP contribution in [0.5, 0.6) is 5.75 Å². The molecule has 1 aliphatic heterocycles. The Hall–Kier alpha value is -1.85. The zero-order valence-electron chi connectivity index (χ0n) is 13.6. The summed E-state index contributed by atoms with van der Waals surface area (Å²) >= 11 is 0. The zero-order chi connectivity index (χ0) is 15.5. The Morgan fingerprint density at radius 3 is 2.73 bits per heavy atom. The molecule has 5 heteroatoms. The number of nitrogens with one attached hydrogen (secondary N) is 1. The van der Waals surface area contributed by atoms with E-state index in [-0.39, 0.29) is 0 Å². The topological polar surface area (TPSA) is 42.3 Å². The van der Waals surface area contributed by atoms with Gasteiger partial charge in [0.1, 0.15) is 5.75 Å². The van der Waals surface area contributed by atoms with Gasteiger partial charge in [0.15, 0.2) is 0 Å². The van der Waals surface area contributed by atoms with Gasteiger partial charge in [-0.15, -0.1) is 0 Å². The van der Waals surface area contributed by atoms with E-state index in [9.17, 15) is 0 Å². The summed E-state index contributed by atoms with van der Waals surface area (Å²) in [6.07, 6.45) is 1.05. The third-order valence-corrected chi connectivity index (χ3v) is 4.13. The van der Waals surface area contributed by atoms with E-state index in [1.165, 1.54) is 11.3 Å². The number of rotatable bonds is 5. The Balaban J connectivity index is 1.95. The molecule has 0 radical (unpaired) electrons. The van der Waals surface area contributed by atoms with E-state index in [1.807, 2.05) is 12.1 Å². The maximum Gasteiger partial charge on any atom is 0.118 e. The quantitative estimate of drug-likeness (QED) is 0.914. The van der Waals surface area contributed by atoms with Crippen molar-refractivity contribution in [3.05, 3.63) is 35.5 Å². The maximum atomic E-state index is 5.24. The molecular weight excluding hydrogens is 276 g/mol. The van der Waals surface area contributed by atoms with Gasteiger partial charge in [-0.2, -0.15) is 5.10 Å². The standard InChI is InChI=1S/C17H24N4O/c1-20(2)10-11-21-16-8-9-18-12-15(16)17(19-21)13-4-6-14(22-3)7-5-13/h4-7,18H,8-12H2,1-3H3. The monoisotopic (exact) mass is 300 g/mol. The van der Waals surface area contributed by atoms with Crippen LogP contribution in [-0.2, 0) is 19.5 Å². The maximum absolute atomic E-state index is 5.24. The third-order valence-electron chi connectivity index (χ3n) is 4.13. The number of nitrogens with zero attached hydrogens (tertiary/aromatic N) is 3. The first-order valence-electron chi connectivity index (χ1n) is 7.77. The molecule has 0 amide bonds. The molecule has 1 aromatic heterocycles. The van der Waals surface area contributed by atoms with E-state index >= 15 is 0 Å². The molecule has 0 saturated carbocycles. The molecule has 2 aromatic rings. The number of hydrogen-bond acceptors (Lipinski definition) is 4. The summed E-state index contributed by atoms with van der Waals surface area (Å²) in [5.41, 5.74) is 4.98. The number of aromatic nitrogens is 2. The first-order valence-corrected chi connectivity index (χ1v) is 7.77. The second-order valence-electron chi connectivity index (χ2n) is 5.96. The van der Waals surface area contributed by atoms with Crippen LogP contribution >= 0.6 is 0 Å². The Morgan fingerprint density at radius 1 is 1.27 bits per heavy atom. The first kappa shape index (κ1) is 15.1. The molecule has 1 aromatic carbocycles. The Morgan fingerprint density at radius 2 is 2.05 bits per heavy atom. The lowest BCUT2D eigenvalue weighted by molar-refractivity contribution is 0.368. The van der Waals surface area contributed by atoms with E-state index in [4.69, 9.17) is 9.84 Å².